The summed E-state index contributed by atoms with van der Waals surface area (Å²) in [6.07, 6.45) is 3.18. The molecule has 126 valence electrons. The number of hydrogen-bond acceptors (Lipinski definition) is 4. The third-order valence-corrected chi connectivity index (χ3v) is 5.53. The third kappa shape index (κ3) is 3.51. The van der Waals surface area contributed by atoms with Gasteiger partial charge in [-0.2, -0.15) is 0 Å². The van der Waals surface area contributed by atoms with Gasteiger partial charge in [-0.05, 0) is 36.3 Å². The number of carbonyl (C=O) groups is 2. The largest absolute Gasteiger partial charge is 0.465 e. The first kappa shape index (κ1) is 16.7. The highest BCUT2D eigenvalue weighted by atomic mass is 32.1. The number of nitrogens with one attached hydrogen (secondary N) is 1. The summed E-state index contributed by atoms with van der Waals surface area (Å²) < 4.78 is 4.94. The lowest BCUT2D eigenvalue weighted by molar-refractivity contribution is -0.115. The molecule has 1 aliphatic carbocycles. The van der Waals surface area contributed by atoms with E-state index in [4.69, 9.17) is 4.74 Å². The molecule has 1 heterocycles. The molecule has 1 aromatic heterocycles. The van der Waals surface area contributed by atoms with Crippen molar-refractivity contribution in [2.45, 2.75) is 32.6 Å². The Morgan fingerprint density at radius 1 is 1.29 bits per heavy atom. The monoisotopic (exact) mass is 343 g/mol. The summed E-state index contributed by atoms with van der Waals surface area (Å²) in [6.45, 7) is 2.22. The maximum Gasteiger partial charge on any atom is 0.341 e. The average Bonchev–Trinajstić information content (AvgIpc) is 2.91. The van der Waals surface area contributed by atoms with Gasteiger partial charge in [0, 0.05) is 4.88 Å². The normalized spacial score (nSPS) is 16.3. The first-order valence-corrected chi connectivity index (χ1v) is 8.96. The van der Waals surface area contributed by atoms with Gasteiger partial charge < -0.3 is 10.1 Å². The Morgan fingerprint density at radius 2 is 2.04 bits per heavy atom. The molecule has 0 unspecified atom stereocenters. The molecule has 2 aromatic rings. The summed E-state index contributed by atoms with van der Waals surface area (Å²) >= 11 is 1.52. The van der Waals surface area contributed by atoms with Crippen LogP contribution in [0, 0.1) is 5.92 Å². The fraction of sp³-hybridized carbons (Fsp3) is 0.368. The highest BCUT2D eigenvalue weighted by Crippen LogP contribution is 2.40. The van der Waals surface area contributed by atoms with Crippen molar-refractivity contribution in [3.63, 3.8) is 0 Å². The molecule has 0 radical (unpaired) electrons. The Morgan fingerprint density at radius 3 is 2.75 bits per heavy atom. The lowest BCUT2D eigenvalue weighted by atomic mass is 9.88. The van der Waals surface area contributed by atoms with Gasteiger partial charge in [0.15, 0.2) is 0 Å². The van der Waals surface area contributed by atoms with Crippen LogP contribution in [0.3, 0.4) is 0 Å². The summed E-state index contributed by atoms with van der Waals surface area (Å²) in [6, 6.07) is 9.58. The molecule has 24 heavy (non-hydrogen) atoms. The average molecular weight is 343 g/mol. The Hall–Kier alpha value is -2.14. The molecule has 3 rings (SSSR count). The first-order valence-electron chi connectivity index (χ1n) is 8.15. The second kappa shape index (κ2) is 7.18. The van der Waals surface area contributed by atoms with E-state index < -0.39 is 0 Å². The van der Waals surface area contributed by atoms with Crippen LogP contribution in [0.15, 0.2) is 30.3 Å². The predicted molar refractivity (Wildman–Crippen MR) is 95.6 cm³/mol. The quantitative estimate of drug-likeness (QED) is 0.858. The number of anilines is 1. The molecule has 0 saturated carbocycles. The molecule has 1 atom stereocenters. The molecule has 4 nitrogen and oxygen atoms in total. The van der Waals surface area contributed by atoms with Crippen molar-refractivity contribution < 1.29 is 14.3 Å². The fourth-order valence-electron chi connectivity index (χ4n) is 3.11. The van der Waals surface area contributed by atoms with Crippen molar-refractivity contribution in [1.82, 2.24) is 0 Å². The molecule has 0 bridgehead atoms. The maximum atomic E-state index is 12.4. The fourth-order valence-corrected chi connectivity index (χ4v) is 4.52. The van der Waals surface area contributed by atoms with Gasteiger partial charge in [-0.1, -0.05) is 37.3 Å². The minimum atomic E-state index is -0.364. The van der Waals surface area contributed by atoms with Gasteiger partial charge in [-0.15, -0.1) is 11.3 Å². The second-order valence-corrected chi connectivity index (χ2v) is 7.36. The van der Waals surface area contributed by atoms with Crippen LogP contribution in [0.2, 0.25) is 0 Å². The molecular formula is C19H21NO3S. The van der Waals surface area contributed by atoms with Crippen molar-refractivity contribution in [1.29, 1.82) is 0 Å². The van der Waals surface area contributed by atoms with Gasteiger partial charge in [-0.3, -0.25) is 4.79 Å². The van der Waals surface area contributed by atoms with Gasteiger partial charge in [0.05, 0.1) is 19.1 Å². The molecule has 0 spiro atoms. The van der Waals surface area contributed by atoms with Crippen LogP contribution >= 0.6 is 11.3 Å². The highest BCUT2D eigenvalue weighted by molar-refractivity contribution is 7.17. The standard InChI is InChI=1S/C19H21NO3S/c1-12-8-9-14-15(10-12)24-18(17(14)19(22)23-2)20-16(21)11-13-6-4-3-5-7-13/h3-7,12H,8-11H2,1-2H3,(H,20,21)/t12-/m1/s1. The number of amides is 1. The molecule has 1 N–H and O–H groups in total. The van der Waals surface area contributed by atoms with E-state index in [1.807, 2.05) is 30.3 Å². The number of methoxy groups -OCH3 is 1. The minimum Gasteiger partial charge on any atom is -0.465 e. The second-order valence-electron chi connectivity index (χ2n) is 6.26. The zero-order valence-electron chi connectivity index (χ0n) is 13.9. The maximum absolute atomic E-state index is 12.4. The lowest BCUT2D eigenvalue weighted by Gasteiger charge is -2.18. The summed E-state index contributed by atoms with van der Waals surface area (Å²) in [5.74, 6) is 0.129. The molecule has 0 fully saturated rings. The first-order chi connectivity index (χ1) is 11.6. The number of carbonyl (C=O) groups excluding carboxylic acids is 2. The van der Waals surface area contributed by atoms with E-state index in [2.05, 4.69) is 12.2 Å². The van der Waals surface area contributed by atoms with Crippen LogP contribution < -0.4 is 5.32 Å². The number of hydrogen-bond donors (Lipinski definition) is 1. The van der Waals surface area contributed by atoms with Crippen LogP contribution in [0.4, 0.5) is 5.00 Å². The molecule has 1 amide bonds. The van der Waals surface area contributed by atoms with E-state index >= 15 is 0 Å². The topological polar surface area (TPSA) is 55.4 Å². The van der Waals surface area contributed by atoms with Crippen LogP contribution in [0.1, 0.15) is 39.7 Å². The van der Waals surface area contributed by atoms with Crippen molar-refractivity contribution in [3.8, 4) is 0 Å². The Bertz CT molecular complexity index is 751. The van der Waals surface area contributed by atoms with Crippen molar-refractivity contribution >= 4 is 28.2 Å². The van der Waals surface area contributed by atoms with Gasteiger partial charge in [0.2, 0.25) is 5.91 Å². The minimum absolute atomic E-state index is 0.113. The third-order valence-electron chi connectivity index (χ3n) is 4.36. The van der Waals surface area contributed by atoms with E-state index in [9.17, 15) is 9.59 Å². The van der Waals surface area contributed by atoms with E-state index in [0.29, 0.717) is 22.9 Å². The van der Waals surface area contributed by atoms with E-state index in [1.54, 1.807) is 0 Å². The van der Waals surface area contributed by atoms with Crippen LogP contribution in [-0.4, -0.2) is 19.0 Å². The van der Waals surface area contributed by atoms with Gasteiger partial charge in [0.1, 0.15) is 5.00 Å². The SMILES string of the molecule is COC(=O)c1c(NC(=O)Cc2ccccc2)sc2c1CC[C@@H](C)C2. The number of esters is 1. The molecule has 1 aliphatic rings. The van der Waals surface area contributed by atoms with Crippen LogP contribution in [0.5, 0.6) is 0 Å². The Kier molecular flexibility index (Phi) is 5.00. The van der Waals surface area contributed by atoms with Gasteiger partial charge in [-0.25, -0.2) is 4.79 Å². The van der Waals surface area contributed by atoms with Crippen LogP contribution in [-0.2, 0) is 28.8 Å². The number of fused-ring (bicyclic) bond motifs is 1. The summed E-state index contributed by atoms with van der Waals surface area (Å²) in [7, 11) is 1.38. The number of ether oxygens (including phenoxy) is 1. The number of thiophene rings is 1. The van der Waals surface area contributed by atoms with E-state index in [-0.39, 0.29) is 11.9 Å². The summed E-state index contributed by atoms with van der Waals surface area (Å²) in [4.78, 5) is 25.8. The highest BCUT2D eigenvalue weighted by Gasteiger charge is 2.28. The smallest absolute Gasteiger partial charge is 0.341 e. The molecule has 5 heteroatoms. The lowest BCUT2D eigenvalue weighted by Crippen LogP contribution is -2.17. The van der Waals surface area contributed by atoms with Crippen molar-refractivity contribution in [2.75, 3.05) is 12.4 Å². The van der Waals surface area contributed by atoms with Gasteiger partial charge >= 0.3 is 5.97 Å². The zero-order chi connectivity index (χ0) is 17.1. The molecule has 0 aliphatic heterocycles. The number of rotatable bonds is 4. The summed E-state index contributed by atoms with van der Waals surface area (Å²) in [5, 5.41) is 3.55. The summed E-state index contributed by atoms with van der Waals surface area (Å²) in [5.41, 5.74) is 2.55. The molecule has 0 saturated heterocycles. The van der Waals surface area contributed by atoms with Crippen LogP contribution in [0.25, 0.3) is 0 Å². The van der Waals surface area contributed by atoms with Crippen molar-refractivity contribution in [2.24, 2.45) is 5.92 Å². The Labute approximate surface area is 145 Å². The number of benzene rings is 1. The van der Waals surface area contributed by atoms with Gasteiger partial charge in [0.25, 0.3) is 0 Å². The molecule has 1 aromatic carbocycles. The van der Waals surface area contributed by atoms with E-state index in [1.165, 1.54) is 23.3 Å². The molecular weight excluding hydrogens is 322 g/mol. The predicted octanol–water partition coefficient (Wildman–Crippen LogP) is 3.84. The van der Waals surface area contributed by atoms with E-state index in [0.717, 1.165) is 30.4 Å². The van der Waals surface area contributed by atoms with Crippen molar-refractivity contribution in [3.05, 3.63) is 51.9 Å². The Balaban J connectivity index is 1.84. The zero-order valence-corrected chi connectivity index (χ0v) is 14.7.